The maximum Gasteiger partial charge on any atom is 0.339 e. The molecular weight excluding hydrogens is 416 g/mol. The first-order valence-corrected chi connectivity index (χ1v) is 12.0. The predicted octanol–water partition coefficient (Wildman–Crippen LogP) is 4.03. The van der Waals surface area contributed by atoms with Gasteiger partial charge in [-0.25, -0.2) is 4.98 Å². The molecule has 0 aliphatic heterocycles. The van der Waals surface area contributed by atoms with Crippen LogP contribution in [0.3, 0.4) is 0 Å². The van der Waals surface area contributed by atoms with E-state index in [1.54, 1.807) is 36.4 Å². The van der Waals surface area contributed by atoms with Gasteiger partial charge in [0.25, 0.3) is 0 Å². The van der Waals surface area contributed by atoms with Crippen molar-refractivity contribution >= 4 is 38.7 Å². The van der Waals surface area contributed by atoms with E-state index in [2.05, 4.69) is 20.6 Å². The van der Waals surface area contributed by atoms with E-state index in [0.717, 1.165) is 31.4 Å². The predicted molar refractivity (Wildman–Crippen MR) is 118 cm³/mol. The molecule has 0 atom stereocenters. The van der Waals surface area contributed by atoms with E-state index in [-0.39, 0.29) is 22.5 Å². The minimum absolute atomic E-state index is 0.0519. The van der Waals surface area contributed by atoms with Crippen LogP contribution >= 0.6 is 0 Å². The molecule has 1 heterocycles. The molecule has 1 aromatic heterocycles. The summed E-state index contributed by atoms with van der Waals surface area (Å²) in [6.07, 6.45) is 6.55. The number of imidazole rings is 1. The number of aromatic nitrogens is 2. The van der Waals surface area contributed by atoms with Crippen molar-refractivity contribution in [3.05, 3.63) is 42.5 Å². The summed E-state index contributed by atoms with van der Waals surface area (Å²) in [5.74, 6) is 0.519. The van der Waals surface area contributed by atoms with Crippen molar-refractivity contribution < 1.29 is 17.4 Å². The fourth-order valence-corrected chi connectivity index (χ4v) is 4.78. The van der Waals surface area contributed by atoms with E-state index in [9.17, 15) is 13.2 Å². The van der Waals surface area contributed by atoms with Crippen LogP contribution in [0.1, 0.15) is 38.5 Å². The Labute approximate surface area is 180 Å². The largest absolute Gasteiger partial charge is 0.382 e. The van der Waals surface area contributed by atoms with E-state index in [0.29, 0.717) is 23.0 Å². The summed E-state index contributed by atoms with van der Waals surface area (Å²) in [7, 11) is -3.98. The Morgan fingerprint density at radius 1 is 1.03 bits per heavy atom. The fourth-order valence-electron chi connectivity index (χ4n) is 3.86. The molecule has 2 saturated carbocycles. The zero-order valence-electron chi connectivity index (χ0n) is 16.9. The Kier molecular flexibility index (Phi) is 5.05. The second-order valence-electron chi connectivity index (χ2n) is 8.22. The molecular formula is C22H24N4O4S. The number of carbonyl (C=O) groups excluding carboxylic acids is 1. The summed E-state index contributed by atoms with van der Waals surface area (Å²) in [6, 6.07) is 11.8. The first-order valence-electron chi connectivity index (χ1n) is 10.6. The Morgan fingerprint density at radius 3 is 2.48 bits per heavy atom. The molecule has 0 saturated heterocycles. The Morgan fingerprint density at radius 2 is 1.77 bits per heavy atom. The van der Waals surface area contributed by atoms with Crippen molar-refractivity contribution in [2.75, 3.05) is 10.6 Å². The lowest BCUT2D eigenvalue weighted by Crippen LogP contribution is -2.14. The molecule has 2 fully saturated rings. The van der Waals surface area contributed by atoms with Crippen LogP contribution in [0.25, 0.3) is 11.0 Å². The Bertz CT molecular complexity index is 1210. The number of hydrogen-bond acceptors (Lipinski definition) is 6. The van der Waals surface area contributed by atoms with Crippen molar-refractivity contribution in [1.82, 2.24) is 9.97 Å². The van der Waals surface area contributed by atoms with Gasteiger partial charge in [0, 0.05) is 23.7 Å². The standard InChI is InChI=1S/C22H24N4O4S/c27-21(14-5-6-14)26-22-24-19-12-9-17(13-20(19)25-22)30-31(28,29)18-10-7-16(8-11-18)23-15-3-1-2-4-15/h7-15,23H,1-6H2,(H2,24,25,26,27). The lowest BCUT2D eigenvalue weighted by Gasteiger charge is -2.14. The summed E-state index contributed by atoms with van der Waals surface area (Å²) in [4.78, 5) is 19.3. The Hall–Kier alpha value is -3.07. The maximum atomic E-state index is 12.7. The number of H-pyrrole nitrogens is 1. The van der Waals surface area contributed by atoms with Gasteiger partial charge in [-0.05, 0) is 62.1 Å². The van der Waals surface area contributed by atoms with Crippen LogP contribution in [0.5, 0.6) is 5.75 Å². The van der Waals surface area contributed by atoms with Gasteiger partial charge < -0.3 is 14.5 Å². The zero-order chi connectivity index (χ0) is 21.4. The number of benzene rings is 2. The topological polar surface area (TPSA) is 113 Å². The maximum absolute atomic E-state index is 12.7. The van der Waals surface area contributed by atoms with Gasteiger partial charge in [0.1, 0.15) is 10.6 Å². The molecule has 0 spiro atoms. The molecule has 5 rings (SSSR count). The number of nitrogens with one attached hydrogen (secondary N) is 3. The average molecular weight is 441 g/mol. The fraction of sp³-hybridized carbons (Fsp3) is 0.364. The highest BCUT2D eigenvalue weighted by molar-refractivity contribution is 7.87. The molecule has 9 heteroatoms. The van der Waals surface area contributed by atoms with Gasteiger partial charge >= 0.3 is 10.1 Å². The molecule has 31 heavy (non-hydrogen) atoms. The van der Waals surface area contributed by atoms with E-state index in [4.69, 9.17) is 4.18 Å². The number of carbonyl (C=O) groups is 1. The Balaban J connectivity index is 1.28. The highest BCUT2D eigenvalue weighted by atomic mass is 32.2. The molecule has 2 aromatic carbocycles. The van der Waals surface area contributed by atoms with Crippen LogP contribution in [0.2, 0.25) is 0 Å². The minimum Gasteiger partial charge on any atom is -0.382 e. The second kappa shape index (κ2) is 7.88. The van der Waals surface area contributed by atoms with Gasteiger partial charge in [-0.2, -0.15) is 8.42 Å². The average Bonchev–Trinajstić information content (AvgIpc) is 3.34. The third-order valence-corrected chi connectivity index (χ3v) is 6.98. The van der Waals surface area contributed by atoms with Gasteiger partial charge in [0.2, 0.25) is 11.9 Å². The molecule has 2 aliphatic rings. The summed E-state index contributed by atoms with van der Waals surface area (Å²) >= 11 is 0. The van der Waals surface area contributed by atoms with Crippen molar-refractivity contribution in [1.29, 1.82) is 0 Å². The summed E-state index contributed by atoms with van der Waals surface area (Å²) in [5, 5.41) is 6.19. The quantitative estimate of drug-likeness (QED) is 0.478. The lowest BCUT2D eigenvalue weighted by molar-refractivity contribution is -0.117. The van der Waals surface area contributed by atoms with Gasteiger partial charge in [-0.3, -0.25) is 10.1 Å². The number of amides is 1. The number of anilines is 2. The molecule has 162 valence electrons. The molecule has 8 nitrogen and oxygen atoms in total. The SMILES string of the molecule is O=C(Nc1nc2cc(OS(=O)(=O)c3ccc(NC4CCCC4)cc3)ccc2[nH]1)C1CC1. The van der Waals surface area contributed by atoms with Crippen molar-refractivity contribution in [2.24, 2.45) is 5.92 Å². The monoisotopic (exact) mass is 440 g/mol. The number of nitrogens with zero attached hydrogens (tertiary/aromatic N) is 1. The summed E-state index contributed by atoms with van der Waals surface area (Å²) in [6.45, 7) is 0. The van der Waals surface area contributed by atoms with E-state index < -0.39 is 10.1 Å². The van der Waals surface area contributed by atoms with Gasteiger partial charge in [-0.15, -0.1) is 0 Å². The minimum atomic E-state index is -3.98. The second-order valence-corrected chi connectivity index (χ2v) is 9.76. The first-order chi connectivity index (χ1) is 15.0. The number of aromatic amines is 1. The van der Waals surface area contributed by atoms with Gasteiger partial charge in [0.15, 0.2) is 0 Å². The van der Waals surface area contributed by atoms with Gasteiger partial charge in [0.05, 0.1) is 11.0 Å². The molecule has 2 aliphatic carbocycles. The normalized spacial score (nSPS) is 17.0. The van der Waals surface area contributed by atoms with E-state index in [1.807, 2.05) is 0 Å². The van der Waals surface area contributed by atoms with Crippen LogP contribution in [-0.4, -0.2) is 30.3 Å². The molecule has 0 radical (unpaired) electrons. The smallest absolute Gasteiger partial charge is 0.339 e. The summed E-state index contributed by atoms with van der Waals surface area (Å²) in [5.41, 5.74) is 2.10. The molecule has 0 unspecified atom stereocenters. The van der Waals surface area contributed by atoms with Crippen LogP contribution in [0, 0.1) is 5.92 Å². The first kappa shape index (κ1) is 19.9. The number of fused-ring (bicyclic) bond motifs is 1. The molecule has 0 bridgehead atoms. The lowest BCUT2D eigenvalue weighted by atomic mass is 10.2. The van der Waals surface area contributed by atoms with Crippen LogP contribution in [0.15, 0.2) is 47.4 Å². The third-order valence-electron chi connectivity index (χ3n) is 5.72. The van der Waals surface area contributed by atoms with Crippen LogP contribution < -0.4 is 14.8 Å². The van der Waals surface area contributed by atoms with Crippen molar-refractivity contribution in [2.45, 2.75) is 49.5 Å². The van der Waals surface area contributed by atoms with E-state index >= 15 is 0 Å². The van der Waals surface area contributed by atoms with Crippen molar-refractivity contribution in [3.63, 3.8) is 0 Å². The number of rotatable bonds is 7. The van der Waals surface area contributed by atoms with Crippen molar-refractivity contribution in [3.8, 4) is 5.75 Å². The highest BCUT2D eigenvalue weighted by Crippen LogP contribution is 2.30. The van der Waals surface area contributed by atoms with E-state index in [1.165, 1.54) is 18.9 Å². The highest BCUT2D eigenvalue weighted by Gasteiger charge is 2.30. The number of hydrogen-bond donors (Lipinski definition) is 3. The van der Waals surface area contributed by atoms with Gasteiger partial charge in [-0.1, -0.05) is 12.8 Å². The van der Waals surface area contributed by atoms with Crippen LogP contribution in [0.4, 0.5) is 11.6 Å². The zero-order valence-corrected chi connectivity index (χ0v) is 17.7. The summed E-state index contributed by atoms with van der Waals surface area (Å²) < 4.78 is 30.7. The molecule has 3 aromatic rings. The molecule has 1 amide bonds. The van der Waals surface area contributed by atoms with Crippen LogP contribution in [-0.2, 0) is 14.9 Å². The third kappa shape index (κ3) is 4.51. The molecule has 3 N–H and O–H groups in total.